The molecule has 0 saturated carbocycles. The molecule has 0 spiro atoms. The Labute approximate surface area is 158 Å². The van der Waals surface area contributed by atoms with Gasteiger partial charge in [-0.15, -0.1) is 11.8 Å². The third-order valence-corrected chi connectivity index (χ3v) is 8.00. The first-order chi connectivity index (χ1) is 12.5. The molecule has 4 nitrogen and oxygen atoms in total. The summed E-state index contributed by atoms with van der Waals surface area (Å²) in [6.45, 7) is 4.59. The molecule has 2 heterocycles. The number of para-hydroxylation sites is 1. The summed E-state index contributed by atoms with van der Waals surface area (Å²) in [5.41, 5.74) is 3.87. The van der Waals surface area contributed by atoms with E-state index in [1.165, 1.54) is 0 Å². The lowest BCUT2D eigenvalue weighted by Gasteiger charge is -2.25. The Balaban J connectivity index is 1.83. The van der Waals surface area contributed by atoms with Crippen LogP contribution in [0.15, 0.2) is 59.6 Å². The van der Waals surface area contributed by atoms with E-state index in [0.29, 0.717) is 12.1 Å². The van der Waals surface area contributed by atoms with E-state index in [1.54, 1.807) is 34.4 Å². The average molecular weight is 385 g/mol. The monoisotopic (exact) mass is 384 g/mol. The molecular weight excluding hydrogens is 364 g/mol. The van der Waals surface area contributed by atoms with Crippen molar-refractivity contribution in [3.63, 3.8) is 0 Å². The lowest BCUT2D eigenvalue weighted by atomic mass is 10.1. The molecule has 1 atom stereocenters. The van der Waals surface area contributed by atoms with Crippen molar-refractivity contribution in [2.24, 2.45) is 0 Å². The molecule has 0 aliphatic carbocycles. The topological polar surface area (TPSA) is 50.3 Å². The Bertz CT molecular complexity index is 1070. The molecule has 26 heavy (non-hydrogen) atoms. The normalized spacial score (nSPS) is 18.5. The summed E-state index contributed by atoms with van der Waals surface area (Å²) in [4.78, 5) is 4.62. The molecule has 0 bridgehead atoms. The molecule has 1 aromatic heterocycles. The first-order valence-electron chi connectivity index (χ1n) is 8.53. The third-order valence-electron chi connectivity index (χ3n) is 4.73. The quantitative estimate of drug-likeness (QED) is 0.676. The zero-order valence-electron chi connectivity index (χ0n) is 14.7. The second kappa shape index (κ2) is 6.68. The average Bonchev–Trinajstić information content (AvgIpc) is 3.13. The number of sulfonamides is 1. The van der Waals surface area contributed by atoms with Crippen molar-refractivity contribution >= 4 is 32.7 Å². The van der Waals surface area contributed by atoms with Crippen molar-refractivity contribution in [3.05, 3.63) is 71.4 Å². The van der Waals surface area contributed by atoms with Gasteiger partial charge in [-0.2, -0.15) is 4.31 Å². The summed E-state index contributed by atoms with van der Waals surface area (Å²) in [5.74, 6) is 0.787. The van der Waals surface area contributed by atoms with Crippen LogP contribution in [0, 0.1) is 13.8 Å². The Morgan fingerprint density at radius 1 is 1.12 bits per heavy atom. The van der Waals surface area contributed by atoms with Gasteiger partial charge in [0.1, 0.15) is 4.90 Å². The van der Waals surface area contributed by atoms with Crippen molar-refractivity contribution in [3.8, 4) is 0 Å². The van der Waals surface area contributed by atoms with Crippen molar-refractivity contribution in [1.29, 1.82) is 0 Å². The third kappa shape index (κ3) is 2.92. The SMILES string of the molecule is Cc1ccc(C)c(C2SCCN2S(=O)(=O)c2cccc3cccnc23)c1. The van der Waals surface area contributed by atoms with Crippen LogP contribution in [0.2, 0.25) is 0 Å². The van der Waals surface area contributed by atoms with Crippen LogP contribution in [0.1, 0.15) is 22.1 Å². The Morgan fingerprint density at radius 3 is 2.77 bits per heavy atom. The van der Waals surface area contributed by atoms with E-state index in [4.69, 9.17) is 0 Å². The molecule has 0 N–H and O–H groups in total. The van der Waals surface area contributed by atoms with Gasteiger partial charge in [0.25, 0.3) is 0 Å². The molecule has 3 aromatic rings. The highest BCUT2D eigenvalue weighted by Crippen LogP contribution is 2.43. The number of nitrogens with zero attached hydrogens (tertiary/aromatic N) is 2. The molecule has 1 aliphatic rings. The van der Waals surface area contributed by atoms with E-state index in [9.17, 15) is 8.42 Å². The molecule has 0 amide bonds. The van der Waals surface area contributed by atoms with Gasteiger partial charge in [0.2, 0.25) is 10.0 Å². The lowest BCUT2D eigenvalue weighted by Crippen LogP contribution is -2.31. The van der Waals surface area contributed by atoms with Crippen LogP contribution in [0.4, 0.5) is 0 Å². The maximum atomic E-state index is 13.5. The molecule has 4 rings (SSSR count). The van der Waals surface area contributed by atoms with Gasteiger partial charge < -0.3 is 0 Å². The van der Waals surface area contributed by atoms with Crippen LogP contribution < -0.4 is 0 Å². The van der Waals surface area contributed by atoms with Crippen molar-refractivity contribution in [2.75, 3.05) is 12.3 Å². The van der Waals surface area contributed by atoms with Gasteiger partial charge in [0, 0.05) is 23.9 Å². The highest BCUT2D eigenvalue weighted by atomic mass is 32.2. The van der Waals surface area contributed by atoms with Crippen LogP contribution in [-0.4, -0.2) is 30.0 Å². The summed E-state index contributed by atoms with van der Waals surface area (Å²) in [5, 5.41) is 0.641. The maximum Gasteiger partial charge on any atom is 0.246 e. The van der Waals surface area contributed by atoms with Gasteiger partial charge in [0.15, 0.2) is 0 Å². The number of aromatic nitrogens is 1. The van der Waals surface area contributed by atoms with Gasteiger partial charge in [-0.1, -0.05) is 42.0 Å². The van der Waals surface area contributed by atoms with Crippen molar-refractivity contribution in [1.82, 2.24) is 9.29 Å². The number of fused-ring (bicyclic) bond motifs is 1. The highest BCUT2D eigenvalue weighted by molar-refractivity contribution is 8.01. The Hall–Kier alpha value is -1.89. The van der Waals surface area contributed by atoms with Gasteiger partial charge >= 0.3 is 0 Å². The molecule has 6 heteroatoms. The fourth-order valence-electron chi connectivity index (χ4n) is 3.38. The number of aryl methyl sites for hydroxylation is 2. The van der Waals surface area contributed by atoms with E-state index in [1.807, 2.05) is 32.0 Å². The number of pyridine rings is 1. The standard InChI is InChI=1S/C20H20N2O2S2/c1-14-8-9-15(2)17(13-14)20-22(11-12-25-20)26(23,24)18-7-3-5-16-6-4-10-21-19(16)18/h3-10,13,20H,11-12H2,1-2H3. The molecule has 134 valence electrons. The minimum Gasteiger partial charge on any atom is -0.255 e. The number of rotatable bonds is 3. The number of hydrogen-bond acceptors (Lipinski definition) is 4. The minimum absolute atomic E-state index is 0.195. The van der Waals surface area contributed by atoms with Gasteiger partial charge in [-0.25, -0.2) is 8.42 Å². The summed E-state index contributed by atoms with van der Waals surface area (Å²) in [7, 11) is -3.64. The van der Waals surface area contributed by atoms with E-state index < -0.39 is 10.0 Å². The van der Waals surface area contributed by atoms with Crippen LogP contribution in [0.5, 0.6) is 0 Å². The fraction of sp³-hybridized carbons (Fsp3) is 0.250. The molecule has 0 radical (unpaired) electrons. The molecule has 1 unspecified atom stereocenters. The van der Waals surface area contributed by atoms with Crippen LogP contribution >= 0.6 is 11.8 Å². The summed E-state index contributed by atoms with van der Waals surface area (Å²) < 4.78 is 28.6. The van der Waals surface area contributed by atoms with Crippen LogP contribution in [0.3, 0.4) is 0 Å². The zero-order valence-corrected chi connectivity index (χ0v) is 16.3. The van der Waals surface area contributed by atoms with E-state index >= 15 is 0 Å². The first-order valence-corrected chi connectivity index (χ1v) is 11.0. The smallest absolute Gasteiger partial charge is 0.246 e. The fourth-order valence-corrected chi connectivity index (χ4v) is 6.87. The lowest BCUT2D eigenvalue weighted by molar-refractivity contribution is 0.434. The summed E-state index contributed by atoms with van der Waals surface area (Å²) >= 11 is 1.68. The highest BCUT2D eigenvalue weighted by Gasteiger charge is 2.38. The number of hydrogen-bond donors (Lipinski definition) is 0. The predicted molar refractivity (Wildman–Crippen MR) is 107 cm³/mol. The van der Waals surface area contributed by atoms with Gasteiger partial charge in [0.05, 0.1) is 10.9 Å². The maximum absolute atomic E-state index is 13.5. The minimum atomic E-state index is -3.64. The van der Waals surface area contributed by atoms with Crippen molar-refractivity contribution in [2.45, 2.75) is 24.1 Å². The second-order valence-electron chi connectivity index (χ2n) is 6.53. The Morgan fingerprint density at radius 2 is 1.92 bits per heavy atom. The van der Waals surface area contributed by atoms with Gasteiger partial charge in [-0.3, -0.25) is 4.98 Å². The second-order valence-corrected chi connectivity index (χ2v) is 9.58. The largest absolute Gasteiger partial charge is 0.255 e. The van der Waals surface area contributed by atoms with Crippen LogP contribution in [-0.2, 0) is 10.0 Å². The molecule has 2 aromatic carbocycles. The molecule has 1 saturated heterocycles. The summed E-state index contributed by atoms with van der Waals surface area (Å²) in [6, 6.07) is 15.3. The summed E-state index contributed by atoms with van der Waals surface area (Å²) in [6.07, 6.45) is 1.64. The van der Waals surface area contributed by atoms with E-state index in [-0.39, 0.29) is 10.3 Å². The molecular formula is C20H20N2O2S2. The number of thioether (sulfide) groups is 1. The van der Waals surface area contributed by atoms with E-state index in [2.05, 4.69) is 23.2 Å². The van der Waals surface area contributed by atoms with Crippen LogP contribution in [0.25, 0.3) is 10.9 Å². The Kier molecular flexibility index (Phi) is 4.50. The zero-order chi connectivity index (χ0) is 18.3. The van der Waals surface area contributed by atoms with Gasteiger partial charge in [-0.05, 0) is 37.1 Å². The predicted octanol–water partition coefficient (Wildman–Crippen LogP) is 4.29. The molecule has 1 aliphatic heterocycles. The van der Waals surface area contributed by atoms with E-state index in [0.717, 1.165) is 27.8 Å². The first kappa shape index (κ1) is 17.5. The van der Waals surface area contributed by atoms with Crippen molar-refractivity contribution < 1.29 is 8.42 Å². The number of benzene rings is 2. The molecule has 1 fully saturated rings.